The lowest BCUT2D eigenvalue weighted by atomic mass is 10.0. The van der Waals surface area contributed by atoms with E-state index in [1.807, 2.05) is 36.4 Å². The largest absolute Gasteiger partial charge is 0.438 e. The second-order valence-electron chi connectivity index (χ2n) is 11.3. The fourth-order valence-electron chi connectivity index (χ4n) is 6.25. The van der Waals surface area contributed by atoms with Gasteiger partial charge in [-0.15, -0.1) is 0 Å². The van der Waals surface area contributed by atoms with Crippen LogP contribution >= 0.6 is 0 Å². The SMILES string of the molecule is c1ccc(C2=NC(c3ccc4ccccc4c3)N=C(c3cc(-c4ccc5ccccc5c4)nc4oc5ccccc5c34)N2)cc1. The van der Waals surface area contributed by atoms with E-state index in [4.69, 9.17) is 19.4 Å². The molecular formula is C40H26N4O. The van der Waals surface area contributed by atoms with Crippen molar-refractivity contribution >= 4 is 55.3 Å². The third kappa shape index (κ3) is 4.45. The van der Waals surface area contributed by atoms with Crippen molar-refractivity contribution in [3.63, 3.8) is 0 Å². The minimum absolute atomic E-state index is 0.438. The molecule has 45 heavy (non-hydrogen) atoms. The van der Waals surface area contributed by atoms with Crippen molar-refractivity contribution in [2.75, 3.05) is 0 Å². The average molecular weight is 579 g/mol. The normalized spacial score (nSPS) is 14.9. The number of nitrogens with one attached hydrogen (secondary N) is 1. The molecule has 0 amide bonds. The molecular weight excluding hydrogens is 552 g/mol. The number of aromatic nitrogens is 1. The van der Waals surface area contributed by atoms with Gasteiger partial charge in [-0.05, 0) is 51.4 Å². The van der Waals surface area contributed by atoms with Crippen molar-refractivity contribution in [1.29, 1.82) is 0 Å². The number of hydrogen-bond acceptors (Lipinski definition) is 5. The van der Waals surface area contributed by atoms with Crippen LogP contribution in [-0.2, 0) is 0 Å². The van der Waals surface area contributed by atoms with Crippen molar-refractivity contribution in [2.24, 2.45) is 9.98 Å². The van der Waals surface area contributed by atoms with Crippen LogP contribution < -0.4 is 5.32 Å². The number of para-hydroxylation sites is 1. The minimum Gasteiger partial charge on any atom is -0.438 e. The molecule has 5 heteroatoms. The highest BCUT2D eigenvalue weighted by molar-refractivity contribution is 6.23. The molecule has 0 aliphatic carbocycles. The lowest BCUT2D eigenvalue weighted by Gasteiger charge is -2.23. The summed E-state index contributed by atoms with van der Waals surface area (Å²) in [5.74, 6) is 1.49. The molecule has 1 aliphatic heterocycles. The summed E-state index contributed by atoms with van der Waals surface area (Å²) in [7, 11) is 0. The van der Waals surface area contributed by atoms with Crippen LogP contribution in [0.5, 0.6) is 0 Å². The smallest absolute Gasteiger partial charge is 0.228 e. The maximum Gasteiger partial charge on any atom is 0.228 e. The van der Waals surface area contributed by atoms with E-state index in [9.17, 15) is 0 Å². The molecule has 6 aromatic carbocycles. The summed E-state index contributed by atoms with van der Waals surface area (Å²) < 4.78 is 6.38. The maximum absolute atomic E-state index is 6.38. The lowest BCUT2D eigenvalue weighted by molar-refractivity contribution is 0.654. The Balaban J connectivity index is 1.28. The average Bonchev–Trinajstić information content (AvgIpc) is 3.49. The van der Waals surface area contributed by atoms with Crippen molar-refractivity contribution in [2.45, 2.75) is 6.17 Å². The Morgan fingerprint density at radius 2 is 1.20 bits per heavy atom. The number of furan rings is 1. The Bertz CT molecular complexity index is 2470. The van der Waals surface area contributed by atoms with Gasteiger partial charge in [-0.2, -0.15) is 0 Å². The van der Waals surface area contributed by atoms with E-state index in [2.05, 4.69) is 115 Å². The van der Waals surface area contributed by atoms with E-state index in [1.165, 1.54) is 10.8 Å². The minimum atomic E-state index is -0.438. The summed E-state index contributed by atoms with van der Waals surface area (Å²) in [5.41, 5.74) is 6.13. The van der Waals surface area contributed by atoms with Crippen molar-refractivity contribution < 1.29 is 4.42 Å². The van der Waals surface area contributed by atoms with Crippen molar-refractivity contribution in [3.05, 3.63) is 162 Å². The molecule has 3 heterocycles. The summed E-state index contributed by atoms with van der Waals surface area (Å²) in [5, 5.41) is 10.2. The Morgan fingerprint density at radius 3 is 2.02 bits per heavy atom. The highest BCUT2D eigenvalue weighted by Gasteiger charge is 2.25. The van der Waals surface area contributed by atoms with Gasteiger partial charge < -0.3 is 9.73 Å². The van der Waals surface area contributed by atoms with Gasteiger partial charge in [-0.3, -0.25) is 0 Å². The van der Waals surface area contributed by atoms with Crippen LogP contribution in [0.1, 0.15) is 22.9 Å². The predicted octanol–water partition coefficient (Wildman–Crippen LogP) is 9.45. The zero-order valence-electron chi connectivity index (χ0n) is 24.2. The fraction of sp³-hybridized carbons (Fsp3) is 0.0250. The van der Waals surface area contributed by atoms with Gasteiger partial charge in [-0.1, -0.05) is 121 Å². The summed E-state index contributed by atoms with van der Waals surface area (Å²) in [6, 6.07) is 50.1. The van der Waals surface area contributed by atoms with Crippen LogP contribution in [0.3, 0.4) is 0 Å². The van der Waals surface area contributed by atoms with Gasteiger partial charge in [0.05, 0.1) is 11.1 Å². The number of aliphatic imine (C=N–C) groups is 2. The Labute approximate surface area is 259 Å². The zero-order chi connectivity index (χ0) is 29.7. The van der Waals surface area contributed by atoms with Crippen LogP contribution in [0.2, 0.25) is 0 Å². The summed E-state index contributed by atoms with van der Waals surface area (Å²) in [6.07, 6.45) is -0.438. The predicted molar refractivity (Wildman–Crippen MR) is 184 cm³/mol. The third-order valence-corrected chi connectivity index (χ3v) is 8.51. The first-order chi connectivity index (χ1) is 22.3. The van der Waals surface area contributed by atoms with E-state index in [1.54, 1.807) is 0 Å². The highest BCUT2D eigenvalue weighted by atomic mass is 16.3. The first kappa shape index (κ1) is 25.4. The molecule has 5 nitrogen and oxygen atoms in total. The molecule has 9 rings (SSSR count). The number of pyridine rings is 1. The van der Waals surface area contributed by atoms with Gasteiger partial charge in [0.2, 0.25) is 5.71 Å². The fourth-order valence-corrected chi connectivity index (χ4v) is 6.25. The summed E-state index contributed by atoms with van der Waals surface area (Å²) in [6.45, 7) is 0. The molecule has 2 aromatic heterocycles. The van der Waals surface area contributed by atoms with E-state index in [-0.39, 0.29) is 0 Å². The molecule has 0 bridgehead atoms. The van der Waals surface area contributed by atoms with Crippen LogP contribution in [0.15, 0.2) is 160 Å². The van der Waals surface area contributed by atoms with E-state index >= 15 is 0 Å². The first-order valence-electron chi connectivity index (χ1n) is 15.1. The topological polar surface area (TPSA) is 62.8 Å². The molecule has 0 radical (unpaired) electrons. The molecule has 8 aromatic rings. The van der Waals surface area contributed by atoms with E-state index < -0.39 is 6.17 Å². The molecule has 0 saturated heterocycles. The van der Waals surface area contributed by atoms with Gasteiger partial charge in [0, 0.05) is 22.1 Å². The Morgan fingerprint density at radius 1 is 0.533 bits per heavy atom. The Hall–Kier alpha value is -6.07. The monoisotopic (exact) mass is 578 g/mol. The number of amidine groups is 2. The second kappa shape index (κ2) is 10.3. The van der Waals surface area contributed by atoms with Crippen LogP contribution in [0.25, 0.3) is 54.9 Å². The quantitative estimate of drug-likeness (QED) is 0.226. The van der Waals surface area contributed by atoms with E-state index in [0.29, 0.717) is 5.71 Å². The molecule has 1 atom stereocenters. The summed E-state index contributed by atoms with van der Waals surface area (Å²) in [4.78, 5) is 15.5. The number of rotatable bonds is 4. The number of fused-ring (bicyclic) bond motifs is 5. The molecule has 0 saturated carbocycles. The van der Waals surface area contributed by atoms with Crippen molar-refractivity contribution in [3.8, 4) is 11.3 Å². The van der Waals surface area contributed by atoms with Gasteiger partial charge in [0.1, 0.15) is 17.3 Å². The molecule has 0 fully saturated rings. The standard InChI is InChI=1S/C40H26N4O/c1-2-12-27(13-3-1)37-42-38(31-21-19-26-11-5-7-15-29(26)23-31)44-39(43-37)33-24-34(30-20-18-25-10-4-6-14-28(25)22-30)41-40-36(33)32-16-8-9-17-35(32)45-40/h1-24,38H,(H,42,43,44). The first-order valence-corrected chi connectivity index (χ1v) is 15.1. The summed E-state index contributed by atoms with van der Waals surface area (Å²) >= 11 is 0. The molecule has 1 aliphatic rings. The number of nitrogens with zero attached hydrogens (tertiary/aromatic N) is 3. The highest BCUT2D eigenvalue weighted by Crippen LogP contribution is 2.36. The van der Waals surface area contributed by atoms with Crippen LogP contribution in [-0.4, -0.2) is 16.7 Å². The second-order valence-corrected chi connectivity index (χ2v) is 11.3. The number of benzene rings is 6. The number of hydrogen-bond donors (Lipinski definition) is 1. The molecule has 212 valence electrons. The zero-order valence-corrected chi connectivity index (χ0v) is 24.2. The van der Waals surface area contributed by atoms with Crippen LogP contribution in [0, 0.1) is 0 Å². The lowest BCUT2D eigenvalue weighted by Crippen LogP contribution is -2.36. The van der Waals surface area contributed by atoms with Gasteiger partial charge in [0.15, 0.2) is 6.17 Å². The van der Waals surface area contributed by atoms with E-state index in [0.717, 1.165) is 66.7 Å². The molecule has 1 N–H and O–H groups in total. The van der Waals surface area contributed by atoms with Gasteiger partial charge in [0.25, 0.3) is 0 Å². The van der Waals surface area contributed by atoms with Crippen LogP contribution in [0.4, 0.5) is 0 Å². The maximum atomic E-state index is 6.38. The van der Waals surface area contributed by atoms with Gasteiger partial charge >= 0.3 is 0 Å². The van der Waals surface area contributed by atoms with Crippen molar-refractivity contribution in [1.82, 2.24) is 10.3 Å². The third-order valence-electron chi connectivity index (χ3n) is 8.51. The molecule has 0 spiro atoms. The molecule has 1 unspecified atom stereocenters. The van der Waals surface area contributed by atoms with Gasteiger partial charge in [-0.25, -0.2) is 15.0 Å². The Kier molecular flexibility index (Phi) is 5.81.